The first kappa shape index (κ1) is 14.7. The molecule has 0 fully saturated rings. The van der Waals surface area contributed by atoms with Crippen LogP contribution in [0.2, 0.25) is 0 Å². The third-order valence-corrected chi connectivity index (χ3v) is 4.01. The molecule has 1 amide bonds. The Bertz CT molecular complexity index is 506. The monoisotopic (exact) mass is 269 g/mol. The quantitative estimate of drug-likeness (QED) is 0.885. The second-order valence-corrected chi connectivity index (χ2v) is 6.46. The largest absolute Gasteiger partial charge is 0.352 e. The van der Waals surface area contributed by atoms with Gasteiger partial charge in [-0.1, -0.05) is 26.0 Å². The number of nitrogens with one attached hydrogen (secondary N) is 1. The van der Waals surface area contributed by atoms with Gasteiger partial charge in [0.15, 0.2) is 9.84 Å². The molecule has 0 bridgehead atoms. The Kier molecular flexibility index (Phi) is 4.90. The van der Waals surface area contributed by atoms with Crippen molar-refractivity contribution < 1.29 is 13.2 Å². The first-order chi connectivity index (χ1) is 8.34. The van der Waals surface area contributed by atoms with E-state index in [1.807, 2.05) is 13.8 Å². The van der Waals surface area contributed by atoms with Crippen LogP contribution in [0.3, 0.4) is 0 Å². The summed E-state index contributed by atoms with van der Waals surface area (Å²) in [4.78, 5) is 11.9. The van der Waals surface area contributed by atoms with E-state index in [4.69, 9.17) is 0 Å². The van der Waals surface area contributed by atoms with Crippen molar-refractivity contribution in [3.05, 3.63) is 29.8 Å². The Labute approximate surface area is 108 Å². The van der Waals surface area contributed by atoms with Crippen LogP contribution in [0.4, 0.5) is 0 Å². The smallest absolute Gasteiger partial charge is 0.223 e. The molecular weight excluding hydrogens is 250 g/mol. The highest BCUT2D eigenvalue weighted by atomic mass is 32.2. The van der Waals surface area contributed by atoms with Gasteiger partial charge in [0.2, 0.25) is 5.91 Å². The lowest BCUT2D eigenvalue weighted by Gasteiger charge is -2.10. The van der Waals surface area contributed by atoms with Crippen molar-refractivity contribution in [2.24, 2.45) is 5.92 Å². The Morgan fingerprint density at radius 2 is 1.83 bits per heavy atom. The standard InChI is InChI=1S/C13H19NO3S/c1-4-10(2)13(15)14-9-11-5-7-12(8-6-11)18(3,16)17/h5-8,10H,4,9H2,1-3H3,(H,14,15). The minimum atomic E-state index is -3.16. The van der Waals surface area contributed by atoms with Crippen LogP contribution in [0.5, 0.6) is 0 Å². The van der Waals surface area contributed by atoms with Gasteiger partial charge < -0.3 is 5.32 Å². The predicted molar refractivity (Wildman–Crippen MR) is 70.9 cm³/mol. The van der Waals surface area contributed by atoms with Crippen molar-refractivity contribution >= 4 is 15.7 Å². The number of rotatable bonds is 5. The van der Waals surface area contributed by atoms with Crippen molar-refractivity contribution in [3.8, 4) is 0 Å². The zero-order valence-corrected chi connectivity index (χ0v) is 11.8. The summed E-state index contributed by atoms with van der Waals surface area (Å²) in [5, 5.41) is 2.82. The molecule has 100 valence electrons. The minimum absolute atomic E-state index is 0.000271. The van der Waals surface area contributed by atoms with E-state index < -0.39 is 9.84 Å². The van der Waals surface area contributed by atoms with Crippen molar-refractivity contribution in [2.45, 2.75) is 31.7 Å². The van der Waals surface area contributed by atoms with E-state index in [2.05, 4.69) is 5.32 Å². The average molecular weight is 269 g/mol. The zero-order valence-electron chi connectivity index (χ0n) is 10.9. The van der Waals surface area contributed by atoms with Gasteiger partial charge in [-0.3, -0.25) is 4.79 Å². The molecule has 0 aliphatic rings. The fraction of sp³-hybridized carbons (Fsp3) is 0.462. The number of hydrogen-bond acceptors (Lipinski definition) is 3. The molecule has 4 nitrogen and oxygen atoms in total. The van der Waals surface area contributed by atoms with Gasteiger partial charge in [-0.2, -0.15) is 0 Å². The van der Waals surface area contributed by atoms with Gasteiger partial charge in [-0.05, 0) is 24.1 Å². The third-order valence-electron chi connectivity index (χ3n) is 2.88. The van der Waals surface area contributed by atoms with Crippen molar-refractivity contribution in [1.82, 2.24) is 5.32 Å². The molecule has 1 N–H and O–H groups in total. The van der Waals surface area contributed by atoms with Crippen LogP contribution in [0.25, 0.3) is 0 Å². The van der Waals surface area contributed by atoms with Gasteiger partial charge >= 0.3 is 0 Å². The molecule has 0 aliphatic carbocycles. The lowest BCUT2D eigenvalue weighted by molar-refractivity contribution is -0.124. The number of carbonyl (C=O) groups is 1. The number of benzene rings is 1. The van der Waals surface area contributed by atoms with Crippen molar-refractivity contribution in [1.29, 1.82) is 0 Å². The van der Waals surface area contributed by atoms with Crippen LogP contribution in [-0.2, 0) is 21.2 Å². The Morgan fingerprint density at radius 1 is 1.28 bits per heavy atom. The second-order valence-electron chi connectivity index (χ2n) is 4.44. The summed E-state index contributed by atoms with van der Waals surface area (Å²) in [5.41, 5.74) is 0.888. The summed E-state index contributed by atoms with van der Waals surface area (Å²) in [5.74, 6) is 0.0185. The lowest BCUT2D eigenvalue weighted by Crippen LogP contribution is -2.28. The van der Waals surface area contributed by atoms with E-state index in [1.54, 1.807) is 24.3 Å². The molecule has 1 aromatic carbocycles. The molecule has 0 spiro atoms. The Morgan fingerprint density at radius 3 is 2.28 bits per heavy atom. The maximum atomic E-state index is 11.6. The van der Waals surface area contributed by atoms with E-state index in [0.717, 1.165) is 12.0 Å². The summed E-state index contributed by atoms with van der Waals surface area (Å²) in [6, 6.07) is 6.54. The van der Waals surface area contributed by atoms with Gasteiger partial charge in [-0.25, -0.2) is 8.42 Å². The SMILES string of the molecule is CCC(C)C(=O)NCc1ccc(S(C)(=O)=O)cc1. The highest BCUT2D eigenvalue weighted by molar-refractivity contribution is 7.90. The third kappa shape index (κ3) is 4.14. The molecule has 1 unspecified atom stereocenters. The molecule has 5 heteroatoms. The molecule has 1 aromatic rings. The van der Waals surface area contributed by atoms with Gasteiger partial charge in [0.05, 0.1) is 4.90 Å². The highest BCUT2D eigenvalue weighted by Crippen LogP contribution is 2.10. The molecule has 18 heavy (non-hydrogen) atoms. The van der Waals surface area contributed by atoms with Crippen LogP contribution in [0.15, 0.2) is 29.2 Å². The van der Waals surface area contributed by atoms with E-state index in [-0.39, 0.29) is 11.8 Å². The van der Waals surface area contributed by atoms with Crippen LogP contribution in [-0.4, -0.2) is 20.6 Å². The Hall–Kier alpha value is -1.36. The summed E-state index contributed by atoms with van der Waals surface area (Å²) in [7, 11) is -3.16. The molecule has 0 saturated heterocycles. The summed E-state index contributed by atoms with van der Waals surface area (Å²) >= 11 is 0. The molecule has 0 aromatic heterocycles. The summed E-state index contributed by atoms with van der Waals surface area (Å²) in [6.07, 6.45) is 1.98. The van der Waals surface area contributed by atoms with Gasteiger partial charge in [0, 0.05) is 18.7 Å². The summed E-state index contributed by atoms with van der Waals surface area (Å²) < 4.78 is 22.5. The number of amides is 1. The first-order valence-electron chi connectivity index (χ1n) is 5.91. The predicted octanol–water partition coefficient (Wildman–Crippen LogP) is 1.75. The number of hydrogen-bond donors (Lipinski definition) is 1. The van der Waals surface area contributed by atoms with Gasteiger partial charge in [-0.15, -0.1) is 0 Å². The molecular formula is C13H19NO3S. The molecule has 0 aliphatic heterocycles. The normalized spacial score (nSPS) is 13.1. The number of carbonyl (C=O) groups excluding carboxylic acids is 1. The minimum Gasteiger partial charge on any atom is -0.352 e. The first-order valence-corrected chi connectivity index (χ1v) is 7.80. The van der Waals surface area contributed by atoms with E-state index >= 15 is 0 Å². The maximum Gasteiger partial charge on any atom is 0.223 e. The molecule has 0 radical (unpaired) electrons. The van der Waals surface area contributed by atoms with E-state index in [1.165, 1.54) is 6.26 Å². The molecule has 0 saturated carbocycles. The van der Waals surface area contributed by atoms with Crippen LogP contribution < -0.4 is 5.32 Å². The molecule has 1 rings (SSSR count). The van der Waals surface area contributed by atoms with Gasteiger partial charge in [0.1, 0.15) is 0 Å². The Balaban J connectivity index is 2.63. The second kappa shape index (κ2) is 6.00. The molecule has 1 atom stereocenters. The average Bonchev–Trinajstić information content (AvgIpc) is 2.34. The fourth-order valence-corrected chi connectivity index (χ4v) is 2.03. The van der Waals surface area contributed by atoms with Crippen LogP contribution in [0.1, 0.15) is 25.8 Å². The van der Waals surface area contributed by atoms with Gasteiger partial charge in [0.25, 0.3) is 0 Å². The van der Waals surface area contributed by atoms with Crippen molar-refractivity contribution in [2.75, 3.05) is 6.26 Å². The molecule has 0 heterocycles. The van der Waals surface area contributed by atoms with Crippen molar-refractivity contribution in [3.63, 3.8) is 0 Å². The van der Waals surface area contributed by atoms with E-state index in [0.29, 0.717) is 11.4 Å². The highest BCUT2D eigenvalue weighted by Gasteiger charge is 2.10. The topological polar surface area (TPSA) is 63.2 Å². The lowest BCUT2D eigenvalue weighted by atomic mass is 10.1. The summed E-state index contributed by atoms with van der Waals surface area (Å²) in [6.45, 7) is 4.26. The fourth-order valence-electron chi connectivity index (χ4n) is 1.40. The maximum absolute atomic E-state index is 11.6. The zero-order chi connectivity index (χ0) is 13.8. The van der Waals surface area contributed by atoms with E-state index in [9.17, 15) is 13.2 Å². The van der Waals surface area contributed by atoms with Crippen LogP contribution >= 0.6 is 0 Å². The van der Waals surface area contributed by atoms with Crippen LogP contribution in [0, 0.1) is 5.92 Å². The number of sulfone groups is 1.